The van der Waals surface area contributed by atoms with Crippen molar-refractivity contribution in [3.05, 3.63) is 51.9 Å². The second kappa shape index (κ2) is 9.31. The van der Waals surface area contributed by atoms with Gasteiger partial charge in [-0.3, -0.25) is 0 Å². The van der Waals surface area contributed by atoms with Crippen LogP contribution in [-0.4, -0.2) is 38.4 Å². The molecule has 0 bridgehead atoms. The molecular weight excluding hydrogens is 454 g/mol. The van der Waals surface area contributed by atoms with Crippen LogP contribution < -0.4 is 0 Å². The molecule has 0 unspecified atom stereocenters. The summed E-state index contributed by atoms with van der Waals surface area (Å²) in [6.45, 7) is 0. The van der Waals surface area contributed by atoms with E-state index in [0.717, 1.165) is 23.9 Å². The van der Waals surface area contributed by atoms with Crippen molar-refractivity contribution in [1.29, 1.82) is 0 Å². The largest absolute Gasteiger partial charge is 0.478 e. The van der Waals surface area contributed by atoms with Crippen molar-refractivity contribution in [2.45, 2.75) is 17.4 Å². The lowest BCUT2D eigenvalue weighted by Gasteiger charge is -2.07. The zero-order valence-electron chi connectivity index (χ0n) is 14.0. The fourth-order valence-corrected chi connectivity index (χ4v) is 2.29. The summed E-state index contributed by atoms with van der Waals surface area (Å²) in [5, 5.41) is 16.6. The van der Waals surface area contributed by atoms with Crippen molar-refractivity contribution in [1.82, 2.24) is 9.97 Å². The van der Waals surface area contributed by atoms with Crippen molar-refractivity contribution in [3.8, 4) is 0 Å². The zero-order valence-corrected chi connectivity index (χ0v) is 15.5. The molecular formula is C15H9ClF6N2O4S. The van der Waals surface area contributed by atoms with E-state index in [1.165, 1.54) is 6.26 Å². The van der Waals surface area contributed by atoms with E-state index in [9.17, 15) is 35.9 Å². The van der Waals surface area contributed by atoms with Crippen molar-refractivity contribution in [2.24, 2.45) is 0 Å². The lowest BCUT2D eigenvalue weighted by atomic mass is 10.2. The second-order valence-electron chi connectivity index (χ2n) is 4.95. The summed E-state index contributed by atoms with van der Waals surface area (Å²) in [7, 11) is 0. The molecule has 2 N–H and O–H groups in total. The van der Waals surface area contributed by atoms with E-state index in [2.05, 4.69) is 9.97 Å². The van der Waals surface area contributed by atoms with Gasteiger partial charge >= 0.3 is 24.3 Å². The summed E-state index contributed by atoms with van der Waals surface area (Å²) in [6.07, 6.45) is -7.81. The maximum atomic E-state index is 12.3. The quantitative estimate of drug-likeness (QED) is 0.377. The molecule has 0 amide bonds. The smallest absolute Gasteiger partial charge is 0.433 e. The first kappa shape index (κ1) is 24.5. The Morgan fingerprint density at radius 3 is 1.66 bits per heavy atom. The van der Waals surface area contributed by atoms with E-state index in [1.54, 1.807) is 0 Å². The van der Waals surface area contributed by atoms with E-state index in [0.29, 0.717) is 12.1 Å². The number of carboxylic acid groups (broad SMARTS) is 2. The molecule has 2 aromatic heterocycles. The molecule has 0 fully saturated rings. The third-order valence-electron chi connectivity index (χ3n) is 2.88. The number of pyridine rings is 2. The van der Waals surface area contributed by atoms with Gasteiger partial charge in [-0.25, -0.2) is 19.6 Å². The van der Waals surface area contributed by atoms with Gasteiger partial charge in [0, 0.05) is 0 Å². The highest BCUT2D eigenvalue weighted by molar-refractivity contribution is 7.98. The van der Waals surface area contributed by atoms with Crippen LogP contribution in [0, 0.1) is 0 Å². The molecule has 0 saturated heterocycles. The summed E-state index contributed by atoms with van der Waals surface area (Å²) < 4.78 is 73.1. The molecule has 0 saturated carbocycles. The van der Waals surface area contributed by atoms with Crippen LogP contribution in [-0.2, 0) is 12.4 Å². The highest BCUT2D eigenvalue weighted by atomic mass is 35.5. The van der Waals surface area contributed by atoms with Crippen LogP contribution in [0.15, 0.2) is 29.3 Å². The van der Waals surface area contributed by atoms with Gasteiger partial charge < -0.3 is 10.2 Å². The third kappa shape index (κ3) is 7.42. The van der Waals surface area contributed by atoms with Crippen molar-refractivity contribution in [3.63, 3.8) is 0 Å². The van der Waals surface area contributed by atoms with Crippen LogP contribution in [0.25, 0.3) is 0 Å². The minimum Gasteiger partial charge on any atom is -0.478 e. The maximum Gasteiger partial charge on any atom is 0.433 e. The topological polar surface area (TPSA) is 100 Å². The van der Waals surface area contributed by atoms with Crippen LogP contribution in [0.3, 0.4) is 0 Å². The highest BCUT2D eigenvalue weighted by Gasteiger charge is 2.34. The van der Waals surface area contributed by atoms with E-state index in [1.807, 2.05) is 0 Å². The number of alkyl halides is 6. The molecule has 2 heterocycles. The van der Waals surface area contributed by atoms with Gasteiger partial charge in [-0.05, 0) is 30.5 Å². The fraction of sp³-hybridized carbons (Fsp3) is 0.200. The van der Waals surface area contributed by atoms with Crippen LogP contribution in [0.4, 0.5) is 26.3 Å². The number of thioether (sulfide) groups is 1. The maximum absolute atomic E-state index is 12.3. The van der Waals surface area contributed by atoms with Gasteiger partial charge in [0.1, 0.15) is 16.5 Å². The Balaban J connectivity index is 0.000000291. The van der Waals surface area contributed by atoms with Gasteiger partial charge in [0.05, 0.1) is 16.2 Å². The van der Waals surface area contributed by atoms with E-state index < -0.39 is 52.0 Å². The number of nitrogens with zero attached hydrogens (tertiary/aromatic N) is 2. The Morgan fingerprint density at radius 2 is 1.28 bits per heavy atom. The number of carbonyl (C=O) groups is 2. The van der Waals surface area contributed by atoms with Gasteiger partial charge in [0.25, 0.3) is 0 Å². The second-order valence-corrected chi connectivity index (χ2v) is 6.17. The number of aromatic nitrogens is 2. The monoisotopic (exact) mass is 462 g/mol. The first-order valence-electron chi connectivity index (χ1n) is 6.99. The first-order chi connectivity index (χ1) is 13.1. The Labute approximate surface area is 167 Å². The van der Waals surface area contributed by atoms with Crippen molar-refractivity contribution in [2.75, 3.05) is 6.26 Å². The Bertz CT molecular complexity index is 921. The van der Waals surface area contributed by atoms with Gasteiger partial charge in [0.2, 0.25) is 0 Å². The predicted octanol–water partition coefficient (Wildman–Crippen LogP) is 4.97. The molecule has 14 heteroatoms. The van der Waals surface area contributed by atoms with Crippen LogP contribution in [0.5, 0.6) is 0 Å². The lowest BCUT2D eigenvalue weighted by Crippen LogP contribution is -2.10. The molecule has 158 valence electrons. The molecule has 6 nitrogen and oxygen atoms in total. The first-order valence-corrected chi connectivity index (χ1v) is 8.60. The Hall–Kier alpha value is -2.54. The Kier molecular flexibility index (Phi) is 7.86. The molecule has 2 rings (SSSR count). The number of hydrogen-bond donors (Lipinski definition) is 2. The number of rotatable bonds is 3. The average Bonchev–Trinajstić information content (AvgIpc) is 2.59. The number of carboxylic acids is 2. The summed E-state index contributed by atoms with van der Waals surface area (Å²) in [6, 6.07) is 2.89. The third-order valence-corrected chi connectivity index (χ3v) is 3.70. The van der Waals surface area contributed by atoms with Gasteiger partial charge in [-0.2, -0.15) is 26.3 Å². The summed E-state index contributed by atoms with van der Waals surface area (Å²) in [5.41, 5.74) is -3.46. The molecule has 29 heavy (non-hydrogen) atoms. The summed E-state index contributed by atoms with van der Waals surface area (Å²) in [5.74, 6) is -2.89. The lowest BCUT2D eigenvalue weighted by molar-refractivity contribution is -0.142. The molecule has 0 spiro atoms. The van der Waals surface area contributed by atoms with Crippen LogP contribution in [0.1, 0.15) is 32.1 Å². The van der Waals surface area contributed by atoms with Crippen molar-refractivity contribution >= 4 is 35.3 Å². The summed E-state index contributed by atoms with van der Waals surface area (Å²) >= 11 is 6.18. The van der Waals surface area contributed by atoms with Gasteiger partial charge in [-0.15, -0.1) is 11.8 Å². The van der Waals surface area contributed by atoms with E-state index in [4.69, 9.17) is 21.8 Å². The number of halogens is 7. The SMILES string of the molecule is CSc1cc(C(=O)O)cc(C(F)(F)F)n1.O=C(O)c1cc(Cl)nc(C(F)(F)F)c1. The van der Waals surface area contributed by atoms with Gasteiger partial charge in [0.15, 0.2) is 0 Å². The average molecular weight is 463 g/mol. The molecule has 0 aliphatic rings. The zero-order chi connectivity index (χ0) is 22.6. The standard InChI is InChI=1S/C8H6F3NO2S.C7H3ClF3NO2/c1-15-6-3-4(7(13)14)2-5(12-6)8(9,10)11;8-5-2-3(6(13)14)1-4(12-5)7(9,10)11/h2-3H,1H3,(H,13,14);1-2H,(H,13,14). The van der Waals surface area contributed by atoms with E-state index >= 15 is 0 Å². The predicted molar refractivity (Wildman–Crippen MR) is 89.2 cm³/mol. The normalized spacial score (nSPS) is 11.4. The molecule has 0 atom stereocenters. The minimum absolute atomic E-state index is 0.0298. The van der Waals surface area contributed by atoms with Crippen LogP contribution in [0.2, 0.25) is 5.15 Å². The molecule has 0 aromatic carbocycles. The Morgan fingerprint density at radius 1 is 0.862 bits per heavy atom. The molecule has 0 aliphatic carbocycles. The fourth-order valence-electron chi connectivity index (χ4n) is 1.64. The minimum atomic E-state index is -4.70. The molecule has 2 aromatic rings. The number of aromatic carboxylic acids is 2. The van der Waals surface area contributed by atoms with Gasteiger partial charge in [-0.1, -0.05) is 11.6 Å². The number of hydrogen-bond acceptors (Lipinski definition) is 5. The van der Waals surface area contributed by atoms with Crippen molar-refractivity contribution < 1.29 is 46.1 Å². The molecule has 0 aliphatic heterocycles. The molecule has 0 radical (unpaired) electrons. The summed E-state index contributed by atoms with van der Waals surface area (Å²) in [4.78, 5) is 27.2. The highest BCUT2D eigenvalue weighted by Crippen LogP contribution is 2.30. The van der Waals surface area contributed by atoms with E-state index in [-0.39, 0.29) is 5.03 Å². The van der Waals surface area contributed by atoms with Crippen LogP contribution >= 0.6 is 23.4 Å².